The molecule has 0 aliphatic heterocycles. The van der Waals surface area contributed by atoms with Crippen molar-refractivity contribution in [2.75, 3.05) is 27.6 Å². The molecule has 9 nitrogen and oxygen atoms in total. The summed E-state index contributed by atoms with van der Waals surface area (Å²) in [4.78, 5) is 37.6. The molecule has 2 unspecified atom stereocenters. The van der Waals surface area contributed by atoms with E-state index in [1.807, 2.05) is 13.8 Å². The SMILES string of the molecule is COCO[C@H]1[C@@H](COC(=O)C(C)(C)C)CC(OC(C)=O)C2[C@H]1C=C[C@@H]1C(C)(C)C(O)=C(C(=O)OC)C[C@]21C. The topological polar surface area (TPSA) is 118 Å². The third-order valence-corrected chi connectivity index (χ3v) is 8.59. The summed E-state index contributed by atoms with van der Waals surface area (Å²) in [6.07, 6.45) is 3.91. The van der Waals surface area contributed by atoms with Gasteiger partial charge in [0.05, 0.1) is 30.8 Å². The molecule has 0 aromatic rings. The third kappa shape index (κ3) is 5.50. The summed E-state index contributed by atoms with van der Waals surface area (Å²) >= 11 is 0. The number of hydrogen-bond acceptors (Lipinski definition) is 9. The molecule has 0 bridgehead atoms. The molecule has 1 saturated carbocycles. The average molecular weight is 537 g/mol. The van der Waals surface area contributed by atoms with E-state index in [9.17, 15) is 19.5 Å². The first-order valence-electron chi connectivity index (χ1n) is 13.2. The van der Waals surface area contributed by atoms with Gasteiger partial charge in [-0.1, -0.05) is 32.9 Å². The summed E-state index contributed by atoms with van der Waals surface area (Å²) in [5, 5.41) is 11.1. The van der Waals surface area contributed by atoms with Crippen molar-refractivity contribution in [2.24, 2.45) is 39.9 Å². The molecular weight excluding hydrogens is 492 g/mol. The maximum atomic E-state index is 12.8. The number of ether oxygens (including phenoxy) is 5. The molecule has 0 radical (unpaired) electrons. The molecule has 214 valence electrons. The van der Waals surface area contributed by atoms with Crippen LogP contribution in [-0.4, -0.2) is 62.8 Å². The fraction of sp³-hybridized carbons (Fsp3) is 0.759. The first-order valence-corrected chi connectivity index (χ1v) is 13.2. The fourth-order valence-corrected chi connectivity index (χ4v) is 6.98. The quantitative estimate of drug-likeness (QED) is 0.219. The smallest absolute Gasteiger partial charge is 0.337 e. The van der Waals surface area contributed by atoms with Gasteiger partial charge >= 0.3 is 17.9 Å². The average Bonchev–Trinajstić information content (AvgIpc) is 2.82. The van der Waals surface area contributed by atoms with Crippen LogP contribution >= 0.6 is 0 Å². The minimum absolute atomic E-state index is 0.0222. The molecule has 0 heterocycles. The minimum Gasteiger partial charge on any atom is -0.511 e. The summed E-state index contributed by atoms with van der Waals surface area (Å²) in [6.45, 7) is 12.8. The molecule has 0 saturated heterocycles. The number of rotatable bonds is 7. The monoisotopic (exact) mass is 536 g/mol. The zero-order valence-corrected chi connectivity index (χ0v) is 24.2. The summed E-state index contributed by atoms with van der Waals surface area (Å²) in [7, 11) is 2.85. The van der Waals surface area contributed by atoms with Gasteiger partial charge in [0.15, 0.2) is 0 Å². The number of aliphatic hydroxyl groups excluding tert-OH is 1. The summed E-state index contributed by atoms with van der Waals surface area (Å²) < 4.78 is 28.2. The van der Waals surface area contributed by atoms with Crippen molar-refractivity contribution in [3.05, 3.63) is 23.5 Å². The van der Waals surface area contributed by atoms with Crippen LogP contribution in [0.25, 0.3) is 0 Å². The Morgan fingerprint density at radius 1 is 1.11 bits per heavy atom. The van der Waals surface area contributed by atoms with Gasteiger partial charge in [-0.3, -0.25) is 9.59 Å². The lowest BCUT2D eigenvalue weighted by Gasteiger charge is -2.60. The van der Waals surface area contributed by atoms with Crippen LogP contribution in [0.1, 0.15) is 61.3 Å². The highest BCUT2D eigenvalue weighted by atomic mass is 16.7. The highest BCUT2D eigenvalue weighted by Gasteiger charge is 2.62. The van der Waals surface area contributed by atoms with E-state index in [1.54, 1.807) is 27.9 Å². The molecule has 38 heavy (non-hydrogen) atoms. The van der Waals surface area contributed by atoms with Crippen molar-refractivity contribution in [1.29, 1.82) is 0 Å². The molecule has 0 aromatic heterocycles. The van der Waals surface area contributed by atoms with Gasteiger partial charge in [0.1, 0.15) is 18.7 Å². The molecule has 1 N–H and O–H groups in total. The van der Waals surface area contributed by atoms with E-state index in [-0.39, 0.29) is 60.8 Å². The first-order chi connectivity index (χ1) is 17.6. The molecule has 9 heteroatoms. The number of carbonyl (C=O) groups excluding carboxylic acids is 3. The molecule has 3 rings (SSSR count). The lowest BCUT2D eigenvalue weighted by atomic mass is 9.45. The zero-order chi connectivity index (χ0) is 28.6. The van der Waals surface area contributed by atoms with Gasteiger partial charge < -0.3 is 28.8 Å². The second-order valence-electron chi connectivity index (χ2n) is 12.7. The van der Waals surface area contributed by atoms with Crippen molar-refractivity contribution in [3.8, 4) is 0 Å². The van der Waals surface area contributed by atoms with Crippen molar-refractivity contribution in [1.82, 2.24) is 0 Å². The Bertz CT molecular complexity index is 988. The molecule has 3 aliphatic carbocycles. The summed E-state index contributed by atoms with van der Waals surface area (Å²) in [6, 6.07) is 0. The highest BCUT2D eigenvalue weighted by Crippen LogP contribution is 2.63. The van der Waals surface area contributed by atoms with Gasteiger partial charge in [0, 0.05) is 37.2 Å². The zero-order valence-electron chi connectivity index (χ0n) is 24.2. The van der Waals surface area contributed by atoms with E-state index in [1.165, 1.54) is 14.0 Å². The van der Waals surface area contributed by atoms with E-state index in [2.05, 4.69) is 19.1 Å². The number of carbonyl (C=O) groups is 3. The van der Waals surface area contributed by atoms with Crippen LogP contribution in [0.3, 0.4) is 0 Å². The Morgan fingerprint density at radius 3 is 2.32 bits per heavy atom. The molecule has 0 amide bonds. The van der Waals surface area contributed by atoms with Gasteiger partial charge in [0.25, 0.3) is 0 Å². The van der Waals surface area contributed by atoms with E-state index >= 15 is 0 Å². The fourth-order valence-electron chi connectivity index (χ4n) is 6.98. The second kappa shape index (κ2) is 11.0. The Balaban J connectivity index is 2.09. The number of aliphatic hydroxyl groups is 1. The Labute approximate surface area is 225 Å². The Morgan fingerprint density at radius 2 is 1.76 bits per heavy atom. The van der Waals surface area contributed by atoms with Crippen LogP contribution in [0.5, 0.6) is 0 Å². The summed E-state index contributed by atoms with van der Waals surface area (Å²) in [5.41, 5.74) is -1.77. The Kier molecular flexibility index (Phi) is 8.73. The van der Waals surface area contributed by atoms with Crippen molar-refractivity contribution >= 4 is 17.9 Å². The maximum absolute atomic E-state index is 12.8. The van der Waals surface area contributed by atoms with Gasteiger partial charge in [-0.2, -0.15) is 0 Å². The highest BCUT2D eigenvalue weighted by molar-refractivity contribution is 5.89. The number of methoxy groups -OCH3 is 2. The predicted molar refractivity (Wildman–Crippen MR) is 139 cm³/mol. The lowest BCUT2D eigenvalue weighted by Crippen LogP contribution is -2.61. The van der Waals surface area contributed by atoms with Crippen molar-refractivity contribution < 1.29 is 43.2 Å². The number of fused-ring (bicyclic) bond motifs is 3. The Hall–Kier alpha value is -2.39. The lowest BCUT2D eigenvalue weighted by molar-refractivity contribution is -0.203. The first kappa shape index (κ1) is 30.2. The third-order valence-electron chi connectivity index (χ3n) is 8.59. The number of esters is 3. The van der Waals surface area contributed by atoms with E-state index in [0.29, 0.717) is 6.42 Å². The molecule has 0 aromatic carbocycles. The van der Waals surface area contributed by atoms with Crippen LogP contribution in [0.4, 0.5) is 0 Å². The van der Waals surface area contributed by atoms with Gasteiger partial charge in [-0.15, -0.1) is 0 Å². The second-order valence-corrected chi connectivity index (χ2v) is 12.7. The van der Waals surface area contributed by atoms with Gasteiger partial charge in [-0.25, -0.2) is 4.79 Å². The standard InChI is InChI=1S/C29H44O9/c1-16(30)38-20-12-17(14-36-26(33)27(2,3)4)23(37-15-34-8)18-10-11-21-28(5,6)24(31)19(25(32)35-9)13-29(21,7)22(18)20/h10-11,17-18,20-23,31H,12-15H2,1-9H3/t17-,18-,20?,21-,22?,23+,29+/m1/s1. The van der Waals surface area contributed by atoms with Crippen molar-refractivity contribution in [3.63, 3.8) is 0 Å². The van der Waals surface area contributed by atoms with Crippen LogP contribution in [0, 0.1) is 39.9 Å². The number of hydrogen-bond donors (Lipinski definition) is 1. The van der Waals surface area contributed by atoms with E-state index < -0.39 is 40.4 Å². The molecule has 3 aliphatic rings. The molecular formula is C29H44O9. The van der Waals surface area contributed by atoms with Crippen LogP contribution < -0.4 is 0 Å². The largest absolute Gasteiger partial charge is 0.511 e. The van der Waals surface area contributed by atoms with E-state index in [4.69, 9.17) is 23.7 Å². The van der Waals surface area contributed by atoms with Crippen LogP contribution in [-0.2, 0) is 38.1 Å². The minimum atomic E-state index is -0.763. The van der Waals surface area contributed by atoms with Crippen LogP contribution in [0.15, 0.2) is 23.5 Å². The van der Waals surface area contributed by atoms with E-state index in [0.717, 1.165) is 0 Å². The van der Waals surface area contributed by atoms with Crippen molar-refractivity contribution in [2.45, 2.75) is 73.5 Å². The molecule has 1 fully saturated rings. The van der Waals surface area contributed by atoms with Crippen LogP contribution in [0.2, 0.25) is 0 Å². The van der Waals surface area contributed by atoms with Gasteiger partial charge in [-0.05, 0) is 44.9 Å². The van der Waals surface area contributed by atoms with Gasteiger partial charge in [0.2, 0.25) is 0 Å². The molecule has 0 spiro atoms. The molecule has 7 atom stereocenters. The summed E-state index contributed by atoms with van der Waals surface area (Å²) in [5.74, 6) is -2.16. The number of allylic oxidation sites excluding steroid dienone is 2. The maximum Gasteiger partial charge on any atom is 0.337 e. The predicted octanol–water partition coefficient (Wildman–Crippen LogP) is 4.36. The normalized spacial score (nSPS) is 34.1.